The van der Waals surface area contributed by atoms with Crippen molar-refractivity contribution in [3.05, 3.63) is 58.6 Å². The molecule has 140 valence electrons. The topological polar surface area (TPSA) is 15.3 Å². The summed E-state index contributed by atoms with van der Waals surface area (Å²) in [6.07, 6.45) is 5.15. The van der Waals surface area contributed by atoms with Gasteiger partial charge in [-0.2, -0.15) is 0 Å². The Morgan fingerprint density at radius 2 is 1.77 bits per heavy atom. The van der Waals surface area contributed by atoms with Gasteiger partial charge in [-0.3, -0.25) is 0 Å². The lowest BCUT2D eigenvalue weighted by Crippen LogP contribution is -2.31. The van der Waals surface area contributed by atoms with Crippen molar-refractivity contribution < 1.29 is 0 Å². The number of likely N-dealkylation sites (tertiary alicyclic amines) is 1. The molecule has 2 aromatic carbocycles. The predicted molar refractivity (Wildman–Crippen MR) is 114 cm³/mol. The molecule has 0 bridgehead atoms. The molecular formula is C23H31ClN2. The number of hydrogen-bond donors (Lipinski definition) is 1. The molecule has 1 aliphatic rings. The lowest BCUT2D eigenvalue weighted by Gasteiger charge is -2.27. The van der Waals surface area contributed by atoms with Crippen LogP contribution in [0.2, 0.25) is 5.02 Å². The minimum Gasteiger partial charge on any atom is -0.355 e. The van der Waals surface area contributed by atoms with E-state index in [0.29, 0.717) is 0 Å². The summed E-state index contributed by atoms with van der Waals surface area (Å²) in [6, 6.07) is 14.8. The third-order valence-corrected chi connectivity index (χ3v) is 5.46. The van der Waals surface area contributed by atoms with Gasteiger partial charge in [0.25, 0.3) is 0 Å². The first-order valence-electron chi connectivity index (χ1n) is 9.80. The van der Waals surface area contributed by atoms with Crippen molar-refractivity contribution in [2.45, 2.75) is 51.9 Å². The molecule has 0 aromatic heterocycles. The maximum Gasteiger partial charge on any atom is 0.0426 e. The number of benzene rings is 2. The zero-order valence-corrected chi connectivity index (χ0v) is 17.1. The Kier molecular flexibility index (Phi) is 6.26. The van der Waals surface area contributed by atoms with Crippen LogP contribution in [0.3, 0.4) is 0 Å². The van der Waals surface area contributed by atoms with E-state index in [1.54, 1.807) is 0 Å². The van der Waals surface area contributed by atoms with Crippen LogP contribution in [0.1, 0.15) is 51.2 Å². The predicted octanol–water partition coefficient (Wildman–Crippen LogP) is 6.41. The fraction of sp³-hybridized carbons (Fsp3) is 0.478. The van der Waals surface area contributed by atoms with Crippen LogP contribution in [-0.2, 0) is 11.8 Å². The van der Waals surface area contributed by atoms with Gasteiger partial charge in [-0.05, 0) is 73.2 Å². The van der Waals surface area contributed by atoms with Gasteiger partial charge in [0.1, 0.15) is 0 Å². The summed E-state index contributed by atoms with van der Waals surface area (Å²) in [7, 11) is 0. The van der Waals surface area contributed by atoms with Gasteiger partial charge in [0, 0.05) is 22.9 Å². The summed E-state index contributed by atoms with van der Waals surface area (Å²) in [6.45, 7) is 10.5. The van der Waals surface area contributed by atoms with Crippen LogP contribution in [0.5, 0.6) is 0 Å². The Hall–Kier alpha value is -1.51. The van der Waals surface area contributed by atoms with Crippen molar-refractivity contribution in [1.82, 2.24) is 4.90 Å². The molecular weight excluding hydrogens is 340 g/mol. The van der Waals surface area contributed by atoms with Gasteiger partial charge < -0.3 is 10.2 Å². The molecule has 0 radical (unpaired) electrons. The largest absolute Gasteiger partial charge is 0.355 e. The van der Waals surface area contributed by atoms with Crippen molar-refractivity contribution in [2.24, 2.45) is 0 Å². The first-order chi connectivity index (χ1) is 12.4. The molecule has 1 heterocycles. The maximum absolute atomic E-state index is 6.15. The van der Waals surface area contributed by atoms with E-state index in [1.165, 1.54) is 49.2 Å². The molecule has 0 aliphatic carbocycles. The van der Waals surface area contributed by atoms with E-state index in [1.807, 2.05) is 18.2 Å². The summed E-state index contributed by atoms with van der Waals surface area (Å²) < 4.78 is 0. The summed E-state index contributed by atoms with van der Waals surface area (Å²) in [4.78, 5) is 2.61. The van der Waals surface area contributed by atoms with Crippen LogP contribution in [0.25, 0.3) is 0 Å². The Labute approximate surface area is 163 Å². The van der Waals surface area contributed by atoms with Crippen LogP contribution < -0.4 is 5.32 Å². The fourth-order valence-corrected chi connectivity index (χ4v) is 3.76. The van der Waals surface area contributed by atoms with E-state index in [-0.39, 0.29) is 5.41 Å². The average Bonchev–Trinajstić information content (AvgIpc) is 2.61. The van der Waals surface area contributed by atoms with Gasteiger partial charge in [0.2, 0.25) is 0 Å². The van der Waals surface area contributed by atoms with Crippen LogP contribution in [-0.4, -0.2) is 24.5 Å². The number of rotatable bonds is 5. The normalized spacial score (nSPS) is 15.8. The number of hydrogen-bond acceptors (Lipinski definition) is 2. The summed E-state index contributed by atoms with van der Waals surface area (Å²) in [5.74, 6) is 0. The minimum absolute atomic E-state index is 0.161. The molecule has 0 unspecified atom stereocenters. The lowest BCUT2D eigenvalue weighted by atomic mass is 9.85. The van der Waals surface area contributed by atoms with Gasteiger partial charge in [-0.15, -0.1) is 0 Å². The molecule has 0 amide bonds. The van der Waals surface area contributed by atoms with Crippen molar-refractivity contribution in [1.29, 1.82) is 0 Å². The molecule has 3 heteroatoms. The minimum atomic E-state index is 0.161. The number of halogens is 1. The second-order valence-electron chi connectivity index (χ2n) is 8.41. The summed E-state index contributed by atoms with van der Waals surface area (Å²) in [5, 5.41) is 4.34. The second-order valence-corrected chi connectivity index (χ2v) is 8.85. The van der Waals surface area contributed by atoms with E-state index in [0.717, 1.165) is 23.7 Å². The Balaban J connectivity index is 1.81. The Bertz CT molecular complexity index is 727. The number of anilines is 2. The molecule has 1 N–H and O–H groups in total. The van der Waals surface area contributed by atoms with E-state index >= 15 is 0 Å². The molecule has 0 atom stereocenters. The van der Waals surface area contributed by atoms with E-state index in [2.05, 4.69) is 55.3 Å². The fourth-order valence-electron chi connectivity index (χ4n) is 3.57. The molecule has 1 saturated heterocycles. The second kappa shape index (κ2) is 8.45. The van der Waals surface area contributed by atoms with E-state index in [4.69, 9.17) is 11.6 Å². The van der Waals surface area contributed by atoms with Crippen LogP contribution >= 0.6 is 11.6 Å². The smallest absolute Gasteiger partial charge is 0.0426 e. The Morgan fingerprint density at radius 3 is 2.46 bits per heavy atom. The number of piperidine rings is 1. The zero-order chi connectivity index (χ0) is 18.6. The van der Waals surface area contributed by atoms with Crippen LogP contribution in [0.4, 0.5) is 11.4 Å². The highest BCUT2D eigenvalue weighted by molar-refractivity contribution is 6.30. The molecule has 0 spiro atoms. The van der Waals surface area contributed by atoms with Gasteiger partial charge in [0.15, 0.2) is 0 Å². The molecule has 3 rings (SSSR count). The average molecular weight is 371 g/mol. The number of nitrogens with zero attached hydrogens (tertiary/aromatic N) is 1. The first-order valence-corrected chi connectivity index (χ1v) is 10.2. The van der Waals surface area contributed by atoms with Gasteiger partial charge in [-0.25, -0.2) is 0 Å². The molecule has 0 saturated carbocycles. The van der Waals surface area contributed by atoms with Gasteiger partial charge >= 0.3 is 0 Å². The van der Waals surface area contributed by atoms with Gasteiger partial charge in [0.05, 0.1) is 0 Å². The van der Waals surface area contributed by atoms with Gasteiger partial charge in [-0.1, -0.05) is 57.0 Å². The highest BCUT2D eigenvalue weighted by Crippen LogP contribution is 2.30. The lowest BCUT2D eigenvalue weighted by molar-refractivity contribution is 0.231. The van der Waals surface area contributed by atoms with Crippen molar-refractivity contribution in [3.8, 4) is 0 Å². The van der Waals surface area contributed by atoms with E-state index in [9.17, 15) is 0 Å². The quantitative estimate of drug-likeness (QED) is 0.654. The SMILES string of the molecule is CC(C)(C)c1ccc(Nc2cccc(Cl)c2)c(CCN2CCCCC2)c1. The van der Waals surface area contributed by atoms with Crippen molar-refractivity contribution in [3.63, 3.8) is 0 Å². The molecule has 1 aliphatic heterocycles. The maximum atomic E-state index is 6.15. The third-order valence-electron chi connectivity index (χ3n) is 5.22. The highest BCUT2D eigenvalue weighted by Gasteiger charge is 2.17. The van der Waals surface area contributed by atoms with E-state index < -0.39 is 0 Å². The van der Waals surface area contributed by atoms with Crippen LogP contribution in [0.15, 0.2) is 42.5 Å². The highest BCUT2D eigenvalue weighted by atomic mass is 35.5. The molecule has 2 nitrogen and oxygen atoms in total. The summed E-state index contributed by atoms with van der Waals surface area (Å²) in [5.41, 5.74) is 5.18. The number of nitrogens with one attached hydrogen (secondary N) is 1. The Morgan fingerprint density at radius 1 is 1.00 bits per heavy atom. The molecule has 26 heavy (non-hydrogen) atoms. The van der Waals surface area contributed by atoms with Crippen LogP contribution in [0, 0.1) is 0 Å². The standard InChI is InChI=1S/C23H31ClN2/c1-23(2,3)19-10-11-22(25-21-9-7-8-20(24)17-21)18(16-19)12-15-26-13-5-4-6-14-26/h7-11,16-17,25H,4-6,12-15H2,1-3H3. The van der Waals surface area contributed by atoms with Crippen molar-refractivity contribution in [2.75, 3.05) is 25.0 Å². The first kappa shape index (κ1) is 19.3. The monoisotopic (exact) mass is 370 g/mol. The molecule has 2 aromatic rings. The zero-order valence-electron chi connectivity index (χ0n) is 16.3. The molecule has 1 fully saturated rings. The third kappa shape index (κ3) is 5.25. The van der Waals surface area contributed by atoms with Crippen molar-refractivity contribution >= 4 is 23.0 Å². The summed E-state index contributed by atoms with van der Waals surface area (Å²) >= 11 is 6.15.